The molecule has 4 aromatic rings. The lowest BCUT2D eigenvalue weighted by Crippen LogP contribution is -2.42. The number of hydrogen-bond acceptors (Lipinski definition) is 8. The minimum Gasteiger partial charge on any atom is -0.483 e. The molecule has 242 valence electrons. The first kappa shape index (κ1) is 34.4. The normalized spacial score (nSPS) is 11.9. The highest BCUT2D eigenvalue weighted by Gasteiger charge is 2.38. The van der Waals surface area contributed by atoms with Crippen LogP contribution in [-0.2, 0) is 28.7 Å². The number of aryl methyl sites for hydroxylation is 1. The first-order chi connectivity index (χ1) is 21.3. The molecule has 0 aliphatic carbocycles. The molecule has 3 aromatic heterocycles. The Morgan fingerprint density at radius 2 is 1.84 bits per heavy atom. The molecule has 45 heavy (non-hydrogen) atoms. The van der Waals surface area contributed by atoms with Gasteiger partial charge in [0.2, 0.25) is 5.91 Å². The smallest absolute Gasteiger partial charge is 0.435 e. The molecule has 0 aliphatic rings. The second-order valence-corrected chi connectivity index (χ2v) is 9.41. The summed E-state index contributed by atoms with van der Waals surface area (Å²) >= 11 is 0. The van der Waals surface area contributed by atoms with Gasteiger partial charge in [-0.25, -0.2) is 18.7 Å². The number of nitrogens with two attached hydrogens (primary N) is 1. The van der Waals surface area contributed by atoms with Crippen molar-refractivity contribution in [1.82, 2.24) is 34.8 Å². The van der Waals surface area contributed by atoms with Gasteiger partial charge >= 0.3 is 6.18 Å². The van der Waals surface area contributed by atoms with Crippen molar-refractivity contribution in [2.24, 2.45) is 5.73 Å². The van der Waals surface area contributed by atoms with Gasteiger partial charge in [-0.1, -0.05) is 6.92 Å². The lowest BCUT2D eigenvalue weighted by molar-refractivity contribution is -0.141. The number of carbonyl (C=O) groups is 3. The van der Waals surface area contributed by atoms with Crippen LogP contribution < -0.4 is 21.7 Å². The lowest BCUT2D eigenvalue weighted by Gasteiger charge is -2.13. The molecule has 1 aromatic carbocycles. The number of aromatic nitrogens is 5. The monoisotopic (exact) mass is 639 g/mol. The molecular formula is C27H30F5N9O4. The van der Waals surface area contributed by atoms with Gasteiger partial charge in [0.15, 0.2) is 17.2 Å². The number of amides is 2. The van der Waals surface area contributed by atoms with E-state index in [0.29, 0.717) is 27.9 Å². The number of nitrogens with one attached hydrogen (secondary N) is 3. The fraction of sp³-hybridized carbons (Fsp3) is 0.333. The topological polar surface area (TPSA) is 182 Å². The largest absolute Gasteiger partial charge is 0.483 e. The SMILES string of the molecule is CCc1cc(Nc2nccn3c(-c4cn(CC(F)F)nc4C(F)(F)F)cnc23)ccc1C(=O)NCCNC(=O)[C@@H](C)N.O=CO. The molecule has 0 unspecified atom stereocenters. The summed E-state index contributed by atoms with van der Waals surface area (Å²) in [6, 6.07) is 4.33. The number of nitrogens with zero attached hydrogens (tertiary/aromatic N) is 5. The van der Waals surface area contributed by atoms with Gasteiger partial charge in [0, 0.05) is 42.9 Å². The maximum Gasteiger partial charge on any atom is 0.435 e. The molecule has 1 atom stereocenters. The van der Waals surface area contributed by atoms with Crippen molar-refractivity contribution in [1.29, 1.82) is 0 Å². The van der Waals surface area contributed by atoms with E-state index in [1.54, 1.807) is 25.1 Å². The first-order valence-electron chi connectivity index (χ1n) is 13.3. The van der Waals surface area contributed by atoms with Crippen LogP contribution in [0.1, 0.15) is 35.5 Å². The van der Waals surface area contributed by atoms with E-state index in [-0.39, 0.29) is 48.5 Å². The summed E-state index contributed by atoms with van der Waals surface area (Å²) < 4.78 is 68.7. The Hall–Kier alpha value is -5.13. The van der Waals surface area contributed by atoms with E-state index >= 15 is 0 Å². The van der Waals surface area contributed by atoms with Gasteiger partial charge in [-0.3, -0.25) is 23.5 Å². The van der Waals surface area contributed by atoms with E-state index in [9.17, 15) is 31.5 Å². The number of benzene rings is 1. The first-order valence-corrected chi connectivity index (χ1v) is 13.3. The number of alkyl halides is 5. The zero-order chi connectivity index (χ0) is 33.3. The summed E-state index contributed by atoms with van der Waals surface area (Å²) in [5.41, 5.74) is 5.60. The number of carboxylic acid groups (broad SMARTS) is 1. The van der Waals surface area contributed by atoms with E-state index in [0.717, 1.165) is 6.20 Å². The minimum atomic E-state index is -4.89. The Bertz CT molecular complexity index is 1640. The summed E-state index contributed by atoms with van der Waals surface area (Å²) in [7, 11) is 0. The van der Waals surface area contributed by atoms with Crippen LogP contribution >= 0.6 is 0 Å². The van der Waals surface area contributed by atoms with Crippen molar-refractivity contribution in [2.45, 2.75) is 45.5 Å². The molecule has 0 saturated heterocycles. The van der Waals surface area contributed by atoms with Crippen molar-refractivity contribution in [2.75, 3.05) is 18.4 Å². The van der Waals surface area contributed by atoms with Crippen molar-refractivity contribution in [3.63, 3.8) is 0 Å². The third-order valence-electron chi connectivity index (χ3n) is 6.18. The number of rotatable bonds is 11. The van der Waals surface area contributed by atoms with E-state index in [1.165, 1.54) is 23.0 Å². The molecule has 13 nitrogen and oxygen atoms in total. The molecule has 0 radical (unpaired) electrons. The number of anilines is 2. The molecule has 4 rings (SSSR count). The molecule has 0 saturated carbocycles. The highest BCUT2D eigenvalue weighted by molar-refractivity contribution is 5.96. The Kier molecular flexibility index (Phi) is 11.5. The Labute approximate surface area is 252 Å². The second kappa shape index (κ2) is 15.0. The Balaban J connectivity index is 0.00000177. The van der Waals surface area contributed by atoms with Crippen LogP contribution in [0, 0.1) is 0 Å². The molecule has 0 aliphatic heterocycles. The van der Waals surface area contributed by atoms with Crippen molar-refractivity contribution >= 4 is 35.4 Å². The van der Waals surface area contributed by atoms with Crippen LogP contribution in [0.3, 0.4) is 0 Å². The highest BCUT2D eigenvalue weighted by atomic mass is 19.4. The van der Waals surface area contributed by atoms with Crippen LogP contribution in [0.5, 0.6) is 0 Å². The molecule has 6 N–H and O–H groups in total. The third-order valence-corrected chi connectivity index (χ3v) is 6.18. The van der Waals surface area contributed by atoms with Crippen LogP contribution in [0.4, 0.5) is 33.5 Å². The molecule has 0 bridgehead atoms. The summed E-state index contributed by atoms with van der Waals surface area (Å²) in [5.74, 6) is -0.453. The van der Waals surface area contributed by atoms with Gasteiger partial charge in [0.05, 0.1) is 23.5 Å². The summed E-state index contributed by atoms with van der Waals surface area (Å²) in [5, 5.41) is 18.6. The zero-order valence-corrected chi connectivity index (χ0v) is 24.0. The second-order valence-electron chi connectivity index (χ2n) is 9.41. The van der Waals surface area contributed by atoms with Crippen LogP contribution in [-0.4, -0.2) is 73.1 Å². The molecule has 18 heteroatoms. The minimum absolute atomic E-state index is 0.0123. The molecule has 0 spiro atoms. The summed E-state index contributed by atoms with van der Waals surface area (Å²) in [4.78, 5) is 41.1. The van der Waals surface area contributed by atoms with E-state index in [1.807, 2.05) is 6.92 Å². The van der Waals surface area contributed by atoms with Gasteiger partial charge in [-0.05, 0) is 37.1 Å². The van der Waals surface area contributed by atoms with Gasteiger partial charge in [-0.2, -0.15) is 18.3 Å². The van der Waals surface area contributed by atoms with Gasteiger partial charge in [-0.15, -0.1) is 0 Å². The standard InChI is InChI=1S/C26H28F5N9O2.CH2O2/c1-3-15-10-16(4-5-17(15)25(42)35-7-6-34-24(41)14(2)32)37-22-23-36-11-19(40(23)9-8-33-22)18-12-39(13-20(27)28)38-21(18)26(29,30)31;2-1-3/h4-5,8-12,14,20H,3,6-7,13,32H2,1-2H3,(H,33,37)(H,34,41)(H,35,42);1H,(H,2,3)/t14-;/m1./s1. The van der Waals surface area contributed by atoms with Crippen LogP contribution in [0.25, 0.3) is 16.9 Å². The van der Waals surface area contributed by atoms with E-state index in [4.69, 9.17) is 15.6 Å². The quantitative estimate of drug-likeness (QED) is 0.0936. The van der Waals surface area contributed by atoms with Crippen molar-refractivity contribution < 1.29 is 41.4 Å². The maximum absolute atomic E-state index is 13.7. The number of halogens is 5. The average Bonchev–Trinajstić information content (AvgIpc) is 3.60. The fourth-order valence-electron chi connectivity index (χ4n) is 4.20. The number of fused-ring (bicyclic) bond motifs is 1. The Morgan fingerprint density at radius 3 is 2.47 bits per heavy atom. The molecule has 2 amide bonds. The van der Waals surface area contributed by atoms with Gasteiger partial charge in [0.25, 0.3) is 18.8 Å². The van der Waals surface area contributed by atoms with Crippen molar-refractivity contribution in [3.05, 3.63) is 59.8 Å². The molecule has 3 heterocycles. The molecule has 0 fully saturated rings. The van der Waals surface area contributed by atoms with Gasteiger partial charge < -0.3 is 26.8 Å². The lowest BCUT2D eigenvalue weighted by atomic mass is 10.0. The van der Waals surface area contributed by atoms with Crippen molar-refractivity contribution in [3.8, 4) is 11.3 Å². The molecular weight excluding hydrogens is 609 g/mol. The van der Waals surface area contributed by atoms with Crippen LogP contribution in [0.2, 0.25) is 0 Å². The predicted octanol–water partition coefficient (Wildman–Crippen LogP) is 3.08. The fourth-order valence-corrected chi connectivity index (χ4v) is 4.20. The van der Waals surface area contributed by atoms with Crippen LogP contribution in [0.15, 0.2) is 43.0 Å². The summed E-state index contributed by atoms with van der Waals surface area (Å²) in [6.45, 7) is 2.59. The third kappa shape index (κ3) is 8.71. The van der Waals surface area contributed by atoms with E-state index in [2.05, 4.69) is 31.0 Å². The summed E-state index contributed by atoms with van der Waals surface area (Å²) in [6.07, 6.45) is -2.42. The maximum atomic E-state index is 13.7. The Morgan fingerprint density at radius 1 is 1.16 bits per heavy atom. The van der Waals surface area contributed by atoms with Gasteiger partial charge in [0.1, 0.15) is 6.54 Å². The average molecular weight is 640 g/mol. The number of hydrogen-bond donors (Lipinski definition) is 5. The highest BCUT2D eigenvalue weighted by Crippen LogP contribution is 2.37. The number of carbonyl (C=O) groups excluding carboxylic acids is 2. The zero-order valence-electron chi connectivity index (χ0n) is 24.0. The van der Waals surface area contributed by atoms with E-state index < -0.39 is 36.4 Å². The predicted molar refractivity (Wildman–Crippen MR) is 152 cm³/mol. The number of imidazole rings is 1.